The molecule has 5 rings (SSSR count). The molecule has 1 N–H and O–H groups in total. The van der Waals surface area contributed by atoms with Gasteiger partial charge in [-0.25, -0.2) is 14.3 Å². The molecule has 2 bridgehead atoms. The maximum Gasteiger partial charge on any atom is 0.223 e. The van der Waals surface area contributed by atoms with Crippen molar-refractivity contribution < 1.29 is 9.47 Å². The third-order valence-corrected chi connectivity index (χ3v) is 7.86. The summed E-state index contributed by atoms with van der Waals surface area (Å²) in [4.78, 5) is 8.80. The average Bonchev–Trinajstić information content (AvgIpc) is 3.46. The first-order chi connectivity index (χ1) is 13.3. The van der Waals surface area contributed by atoms with Crippen molar-refractivity contribution in [2.45, 2.75) is 87.8 Å². The van der Waals surface area contributed by atoms with E-state index in [2.05, 4.69) is 31.5 Å². The molecule has 148 valence electrons. The standard InChI is InChI=1S/C20H30N4O2S/c1-13-19(25-16-6-8-21-9-7-16)22-12-23-20(13)26-17-10-14-2-3-15(11-17)24(14)27-18-4-5-18/h12,14-18,21H,2-11H2,1H3/t14-,15+,17-. The highest BCUT2D eigenvalue weighted by Crippen LogP contribution is 2.47. The Labute approximate surface area is 165 Å². The Morgan fingerprint density at radius 1 is 0.926 bits per heavy atom. The molecule has 3 aliphatic heterocycles. The van der Waals surface area contributed by atoms with Gasteiger partial charge in [0.1, 0.15) is 18.5 Å². The van der Waals surface area contributed by atoms with E-state index >= 15 is 0 Å². The fourth-order valence-corrected chi connectivity index (χ4v) is 6.00. The number of aromatic nitrogens is 2. The van der Waals surface area contributed by atoms with Crippen LogP contribution in [0.25, 0.3) is 0 Å². The number of ether oxygens (including phenoxy) is 2. The Kier molecular flexibility index (Phi) is 5.17. The van der Waals surface area contributed by atoms with Crippen LogP contribution in [0.2, 0.25) is 0 Å². The molecule has 6 nitrogen and oxygen atoms in total. The Balaban J connectivity index is 1.22. The van der Waals surface area contributed by atoms with Gasteiger partial charge in [-0.05, 0) is 58.5 Å². The molecule has 4 fully saturated rings. The van der Waals surface area contributed by atoms with Crippen molar-refractivity contribution in [1.82, 2.24) is 19.6 Å². The van der Waals surface area contributed by atoms with E-state index in [9.17, 15) is 0 Å². The van der Waals surface area contributed by atoms with Gasteiger partial charge >= 0.3 is 0 Å². The molecule has 0 unspecified atom stereocenters. The van der Waals surface area contributed by atoms with Crippen molar-refractivity contribution >= 4 is 11.9 Å². The summed E-state index contributed by atoms with van der Waals surface area (Å²) in [5.74, 6) is 1.40. The minimum atomic E-state index is 0.242. The maximum absolute atomic E-state index is 6.39. The second-order valence-electron chi connectivity index (χ2n) is 8.44. The molecule has 4 heterocycles. The zero-order chi connectivity index (χ0) is 18.2. The van der Waals surface area contributed by atoms with Gasteiger partial charge < -0.3 is 14.8 Å². The van der Waals surface area contributed by atoms with E-state index in [-0.39, 0.29) is 12.2 Å². The summed E-state index contributed by atoms with van der Waals surface area (Å²) in [5.41, 5.74) is 0.943. The highest BCUT2D eigenvalue weighted by molar-refractivity contribution is 7.97. The fraction of sp³-hybridized carbons (Fsp3) is 0.800. The van der Waals surface area contributed by atoms with E-state index in [0.29, 0.717) is 23.8 Å². The molecule has 1 aromatic heterocycles. The summed E-state index contributed by atoms with van der Waals surface area (Å²) in [6.45, 7) is 4.05. The van der Waals surface area contributed by atoms with Crippen LogP contribution in [0.1, 0.15) is 56.9 Å². The first-order valence-electron chi connectivity index (χ1n) is 10.6. The van der Waals surface area contributed by atoms with Crippen LogP contribution in [-0.4, -0.2) is 56.9 Å². The van der Waals surface area contributed by atoms with Crippen LogP contribution in [0.15, 0.2) is 6.33 Å². The van der Waals surface area contributed by atoms with Crippen LogP contribution in [-0.2, 0) is 0 Å². The normalized spacial score (nSPS) is 31.8. The van der Waals surface area contributed by atoms with Crippen LogP contribution < -0.4 is 14.8 Å². The van der Waals surface area contributed by atoms with E-state index in [1.807, 2.05) is 6.92 Å². The average molecular weight is 391 g/mol. The highest BCUT2D eigenvalue weighted by atomic mass is 32.2. The fourth-order valence-electron chi connectivity index (χ4n) is 4.58. The van der Waals surface area contributed by atoms with E-state index < -0.39 is 0 Å². The van der Waals surface area contributed by atoms with E-state index in [0.717, 1.165) is 49.6 Å². The van der Waals surface area contributed by atoms with E-state index in [4.69, 9.17) is 9.47 Å². The van der Waals surface area contributed by atoms with Crippen LogP contribution in [0, 0.1) is 6.92 Å². The van der Waals surface area contributed by atoms with Gasteiger partial charge in [0.05, 0.1) is 5.56 Å². The predicted molar refractivity (Wildman–Crippen MR) is 106 cm³/mol. The van der Waals surface area contributed by atoms with Crippen LogP contribution >= 0.6 is 11.9 Å². The molecule has 0 amide bonds. The number of hydrogen-bond acceptors (Lipinski definition) is 7. The number of hydrogen-bond donors (Lipinski definition) is 1. The number of nitrogens with zero attached hydrogens (tertiary/aromatic N) is 3. The molecule has 7 heteroatoms. The van der Waals surface area contributed by atoms with Crippen molar-refractivity contribution in [2.75, 3.05) is 13.1 Å². The molecule has 0 spiro atoms. The van der Waals surface area contributed by atoms with E-state index in [1.165, 1.54) is 25.7 Å². The summed E-state index contributed by atoms with van der Waals surface area (Å²) in [5, 5.41) is 4.26. The second kappa shape index (κ2) is 7.76. The van der Waals surface area contributed by atoms with Gasteiger partial charge in [0.2, 0.25) is 11.8 Å². The lowest BCUT2D eigenvalue weighted by Gasteiger charge is -2.37. The van der Waals surface area contributed by atoms with Gasteiger partial charge in [0, 0.05) is 30.2 Å². The summed E-state index contributed by atoms with van der Waals surface area (Å²) in [7, 11) is 0. The van der Waals surface area contributed by atoms with Crippen LogP contribution in [0.3, 0.4) is 0 Å². The first kappa shape index (κ1) is 18.0. The lowest BCUT2D eigenvalue weighted by atomic mass is 10.0. The van der Waals surface area contributed by atoms with Crippen molar-refractivity contribution in [3.63, 3.8) is 0 Å². The molecule has 3 atom stereocenters. The second-order valence-corrected chi connectivity index (χ2v) is 9.74. The lowest BCUT2D eigenvalue weighted by Crippen LogP contribution is -2.43. The van der Waals surface area contributed by atoms with Crippen molar-refractivity contribution in [3.05, 3.63) is 11.9 Å². The molecule has 0 aromatic carbocycles. The van der Waals surface area contributed by atoms with Crippen LogP contribution in [0.5, 0.6) is 11.8 Å². The molecule has 27 heavy (non-hydrogen) atoms. The molecule has 0 radical (unpaired) electrons. The Morgan fingerprint density at radius 3 is 2.19 bits per heavy atom. The largest absolute Gasteiger partial charge is 0.474 e. The van der Waals surface area contributed by atoms with Crippen molar-refractivity contribution in [3.8, 4) is 11.8 Å². The first-order valence-corrected chi connectivity index (χ1v) is 11.4. The van der Waals surface area contributed by atoms with Gasteiger partial charge in [-0.3, -0.25) is 0 Å². The van der Waals surface area contributed by atoms with Crippen molar-refractivity contribution in [2.24, 2.45) is 0 Å². The molecule has 1 saturated carbocycles. The summed E-state index contributed by atoms with van der Waals surface area (Å²) in [6.07, 6.45) is 11.8. The van der Waals surface area contributed by atoms with Gasteiger partial charge in [-0.15, -0.1) is 0 Å². The van der Waals surface area contributed by atoms with Crippen LogP contribution in [0.4, 0.5) is 0 Å². The zero-order valence-corrected chi connectivity index (χ0v) is 16.9. The molecular weight excluding hydrogens is 360 g/mol. The third-order valence-electron chi connectivity index (χ3n) is 6.25. The number of nitrogens with one attached hydrogen (secondary N) is 1. The summed E-state index contributed by atoms with van der Waals surface area (Å²) >= 11 is 2.13. The quantitative estimate of drug-likeness (QED) is 0.749. The van der Waals surface area contributed by atoms with Gasteiger partial charge in [0.15, 0.2) is 0 Å². The third kappa shape index (κ3) is 4.05. The predicted octanol–water partition coefficient (Wildman–Crippen LogP) is 3.10. The number of fused-ring (bicyclic) bond motifs is 2. The maximum atomic E-state index is 6.39. The molecule has 1 aromatic rings. The smallest absolute Gasteiger partial charge is 0.223 e. The zero-order valence-electron chi connectivity index (χ0n) is 16.1. The summed E-state index contributed by atoms with van der Waals surface area (Å²) < 4.78 is 15.2. The SMILES string of the molecule is Cc1c(OC2CCNCC2)ncnc1O[C@@H]1C[C@H]2CC[C@@H](C1)N2SC1CC1. The number of piperidine rings is 2. The van der Waals surface area contributed by atoms with Gasteiger partial charge in [-0.2, -0.15) is 0 Å². The monoisotopic (exact) mass is 390 g/mol. The minimum absolute atomic E-state index is 0.242. The number of rotatable bonds is 6. The Morgan fingerprint density at radius 2 is 1.56 bits per heavy atom. The van der Waals surface area contributed by atoms with E-state index in [1.54, 1.807) is 6.33 Å². The minimum Gasteiger partial charge on any atom is -0.474 e. The lowest BCUT2D eigenvalue weighted by molar-refractivity contribution is 0.0945. The van der Waals surface area contributed by atoms with Crippen molar-refractivity contribution in [1.29, 1.82) is 0 Å². The van der Waals surface area contributed by atoms with Gasteiger partial charge in [-0.1, -0.05) is 11.9 Å². The highest BCUT2D eigenvalue weighted by Gasteiger charge is 2.44. The van der Waals surface area contributed by atoms with Gasteiger partial charge in [0.25, 0.3) is 0 Å². The molecule has 1 aliphatic carbocycles. The Hall–Kier alpha value is -1.05. The molecule has 4 aliphatic rings. The topological polar surface area (TPSA) is 59.5 Å². The summed E-state index contributed by atoms with van der Waals surface area (Å²) in [6, 6.07) is 1.35. The Bertz CT molecular complexity index is 651. The molecule has 3 saturated heterocycles. The molecular formula is C20H30N4O2S.